The lowest BCUT2D eigenvalue weighted by atomic mass is 9.78. The van der Waals surface area contributed by atoms with E-state index in [0.29, 0.717) is 18.5 Å². The summed E-state index contributed by atoms with van der Waals surface area (Å²) in [5.74, 6) is 2.81. The number of hydrogen-bond donors (Lipinski definition) is 1. The van der Waals surface area contributed by atoms with Crippen molar-refractivity contribution in [2.45, 2.75) is 44.6 Å². The number of rotatable bonds is 2. The Morgan fingerprint density at radius 1 is 0.952 bits per heavy atom. The molecule has 0 aromatic carbocycles. The van der Waals surface area contributed by atoms with Crippen LogP contribution in [0.4, 0.5) is 0 Å². The van der Waals surface area contributed by atoms with E-state index in [1.54, 1.807) is 0 Å². The molecule has 1 aliphatic carbocycles. The number of carbonyl (C=O) groups is 1. The van der Waals surface area contributed by atoms with Crippen LogP contribution in [0.2, 0.25) is 0 Å². The molecule has 3 heterocycles. The molecule has 0 bridgehead atoms. The minimum Gasteiger partial charge on any atom is -0.338 e. The first-order chi connectivity index (χ1) is 10.3. The Morgan fingerprint density at radius 3 is 2.48 bits per heavy atom. The van der Waals surface area contributed by atoms with Gasteiger partial charge in [-0.2, -0.15) is 0 Å². The molecule has 118 valence electrons. The molecule has 21 heavy (non-hydrogen) atoms. The average molecular weight is 291 g/mol. The van der Waals surface area contributed by atoms with Crippen LogP contribution in [0, 0.1) is 17.8 Å². The zero-order valence-electron chi connectivity index (χ0n) is 13.1. The van der Waals surface area contributed by atoms with Gasteiger partial charge in [0.2, 0.25) is 5.91 Å². The fourth-order valence-electron chi connectivity index (χ4n) is 5.30. The summed E-state index contributed by atoms with van der Waals surface area (Å²) in [6.45, 7) is 6.27. The van der Waals surface area contributed by atoms with Crippen molar-refractivity contribution >= 4 is 5.91 Å². The molecule has 3 aliphatic heterocycles. The molecule has 1 amide bonds. The highest BCUT2D eigenvalue weighted by atomic mass is 16.2. The molecule has 4 unspecified atom stereocenters. The predicted octanol–water partition coefficient (Wildman–Crippen LogP) is 1.32. The summed E-state index contributed by atoms with van der Waals surface area (Å²) in [6, 6.07) is 0.573. The van der Waals surface area contributed by atoms with Gasteiger partial charge in [0.1, 0.15) is 0 Å². The topological polar surface area (TPSA) is 35.6 Å². The van der Waals surface area contributed by atoms with Gasteiger partial charge >= 0.3 is 0 Å². The van der Waals surface area contributed by atoms with Crippen LogP contribution >= 0.6 is 0 Å². The Balaban J connectivity index is 1.36. The third-order valence-corrected chi connectivity index (χ3v) is 6.39. The average Bonchev–Trinajstić information content (AvgIpc) is 3.07. The summed E-state index contributed by atoms with van der Waals surface area (Å²) in [5.41, 5.74) is 0. The van der Waals surface area contributed by atoms with Crippen molar-refractivity contribution in [3.05, 3.63) is 0 Å². The first-order valence-electron chi connectivity index (χ1n) is 9.04. The predicted molar refractivity (Wildman–Crippen MR) is 83.0 cm³/mol. The Morgan fingerprint density at radius 2 is 1.67 bits per heavy atom. The molecule has 1 N–H and O–H groups in total. The zero-order valence-corrected chi connectivity index (χ0v) is 13.1. The Bertz CT molecular complexity index is 385. The van der Waals surface area contributed by atoms with Crippen molar-refractivity contribution in [2.24, 2.45) is 17.8 Å². The molecule has 0 aromatic rings. The largest absolute Gasteiger partial charge is 0.338 e. The molecule has 4 fully saturated rings. The summed E-state index contributed by atoms with van der Waals surface area (Å²) in [5, 5.41) is 3.48. The van der Waals surface area contributed by atoms with Crippen LogP contribution < -0.4 is 5.32 Å². The molecule has 3 saturated heterocycles. The Kier molecular flexibility index (Phi) is 3.92. The van der Waals surface area contributed by atoms with Crippen LogP contribution in [0.5, 0.6) is 0 Å². The molecule has 4 rings (SSSR count). The molecule has 0 spiro atoms. The van der Waals surface area contributed by atoms with E-state index in [0.717, 1.165) is 50.5 Å². The molecule has 4 nitrogen and oxygen atoms in total. The number of nitrogens with one attached hydrogen (secondary N) is 1. The molecular formula is C17H29N3O. The summed E-state index contributed by atoms with van der Waals surface area (Å²) < 4.78 is 0. The van der Waals surface area contributed by atoms with Crippen molar-refractivity contribution < 1.29 is 4.79 Å². The van der Waals surface area contributed by atoms with Gasteiger partial charge in [-0.3, -0.25) is 9.69 Å². The third-order valence-electron chi connectivity index (χ3n) is 6.39. The second-order valence-electron chi connectivity index (χ2n) is 7.71. The van der Waals surface area contributed by atoms with E-state index in [1.807, 2.05) is 0 Å². The zero-order chi connectivity index (χ0) is 14.2. The number of likely N-dealkylation sites (tertiary alicyclic amines) is 2. The standard InChI is InChI=1S/C17H29N3O/c21-17(12-19-10-14-8-18-9-15(14)11-19)20-7-3-5-13-4-1-2-6-16(13)20/h13-16,18H,1-12H2. The highest BCUT2D eigenvalue weighted by molar-refractivity contribution is 5.78. The summed E-state index contributed by atoms with van der Waals surface area (Å²) in [7, 11) is 0. The maximum atomic E-state index is 12.8. The summed E-state index contributed by atoms with van der Waals surface area (Å²) in [4.78, 5) is 17.5. The number of amides is 1. The van der Waals surface area contributed by atoms with E-state index >= 15 is 0 Å². The van der Waals surface area contributed by atoms with Gasteiger partial charge in [-0.05, 0) is 56.5 Å². The number of hydrogen-bond acceptors (Lipinski definition) is 3. The SMILES string of the molecule is O=C(CN1CC2CNCC2C1)N1CCCC2CCCCC21. The van der Waals surface area contributed by atoms with Crippen molar-refractivity contribution in [3.8, 4) is 0 Å². The van der Waals surface area contributed by atoms with Gasteiger partial charge in [-0.1, -0.05) is 12.8 Å². The molecule has 1 saturated carbocycles. The maximum Gasteiger partial charge on any atom is 0.237 e. The van der Waals surface area contributed by atoms with Gasteiger partial charge in [0, 0.05) is 25.7 Å². The molecule has 0 radical (unpaired) electrons. The maximum absolute atomic E-state index is 12.8. The minimum atomic E-state index is 0.416. The fourth-order valence-corrected chi connectivity index (χ4v) is 5.30. The van der Waals surface area contributed by atoms with E-state index in [2.05, 4.69) is 15.1 Å². The first-order valence-corrected chi connectivity index (χ1v) is 9.04. The number of piperidine rings is 1. The summed E-state index contributed by atoms with van der Waals surface area (Å²) in [6.07, 6.45) is 7.89. The van der Waals surface area contributed by atoms with Gasteiger partial charge in [0.25, 0.3) is 0 Å². The fraction of sp³-hybridized carbons (Fsp3) is 0.941. The van der Waals surface area contributed by atoms with E-state index < -0.39 is 0 Å². The molecule has 4 aliphatic rings. The monoisotopic (exact) mass is 291 g/mol. The molecular weight excluding hydrogens is 262 g/mol. The first kappa shape index (κ1) is 14.0. The lowest BCUT2D eigenvalue weighted by molar-refractivity contribution is -0.138. The van der Waals surface area contributed by atoms with Gasteiger partial charge in [0.15, 0.2) is 0 Å². The van der Waals surface area contributed by atoms with Crippen molar-refractivity contribution in [3.63, 3.8) is 0 Å². The third kappa shape index (κ3) is 2.72. The van der Waals surface area contributed by atoms with E-state index in [4.69, 9.17) is 0 Å². The van der Waals surface area contributed by atoms with Gasteiger partial charge in [0.05, 0.1) is 6.54 Å². The molecule has 4 atom stereocenters. The van der Waals surface area contributed by atoms with Crippen LogP contribution in [0.15, 0.2) is 0 Å². The van der Waals surface area contributed by atoms with E-state index in [9.17, 15) is 4.79 Å². The quantitative estimate of drug-likeness (QED) is 0.833. The van der Waals surface area contributed by atoms with E-state index in [1.165, 1.54) is 38.5 Å². The van der Waals surface area contributed by atoms with Gasteiger partial charge in [-0.25, -0.2) is 0 Å². The highest BCUT2D eigenvalue weighted by Crippen LogP contribution is 2.35. The Labute approximate surface area is 128 Å². The van der Waals surface area contributed by atoms with Crippen molar-refractivity contribution in [1.29, 1.82) is 0 Å². The van der Waals surface area contributed by atoms with E-state index in [-0.39, 0.29) is 0 Å². The van der Waals surface area contributed by atoms with Gasteiger partial charge in [-0.15, -0.1) is 0 Å². The van der Waals surface area contributed by atoms with Gasteiger partial charge < -0.3 is 10.2 Å². The van der Waals surface area contributed by atoms with Crippen LogP contribution in [0.25, 0.3) is 0 Å². The van der Waals surface area contributed by atoms with Crippen LogP contribution in [-0.2, 0) is 4.79 Å². The van der Waals surface area contributed by atoms with Crippen LogP contribution in [0.3, 0.4) is 0 Å². The second kappa shape index (κ2) is 5.88. The number of fused-ring (bicyclic) bond motifs is 2. The normalized spacial score (nSPS) is 40.1. The minimum absolute atomic E-state index is 0.416. The van der Waals surface area contributed by atoms with Crippen molar-refractivity contribution in [2.75, 3.05) is 39.3 Å². The summed E-state index contributed by atoms with van der Waals surface area (Å²) >= 11 is 0. The Hall–Kier alpha value is -0.610. The molecule has 0 aromatic heterocycles. The lowest BCUT2D eigenvalue weighted by Crippen LogP contribution is -2.52. The number of nitrogens with zero attached hydrogens (tertiary/aromatic N) is 2. The van der Waals surface area contributed by atoms with Crippen molar-refractivity contribution in [1.82, 2.24) is 15.1 Å². The number of carbonyl (C=O) groups excluding carboxylic acids is 1. The lowest BCUT2D eigenvalue weighted by Gasteiger charge is -2.44. The smallest absolute Gasteiger partial charge is 0.237 e. The van der Waals surface area contributed by atoms with Crippen LogP contribution in [0.1, 0.15) is 38.5 Å². The second-order valence-corrected chi connectivity index (χ2v) is 7.71. The van der Waals surface area contributed by atoms with Crippen LogP contribution in [-0.4, -0.2) is 61.0 Å². The molecule has 4 heteroatoms. The highest BCUT2D eigenvalue weighted by Gasteiger charge is 2.39.